The molecule has 1 saturated carbocycles. The first-order chi connectivity index (χ1) is 5.46. The Morgan fingerprint density at radius 1 is 1.25 bits per heavy atom. The molecule has 0 bridgehead atoms. The third kappa shape index (κ3) is 0.701. The molecule has 1 fully saturated rings. The van der Waals surface area contributed by atoms with Crippen LogP contribution < -0.4 is 0 Å². The molecule has 0 radical (unpaired) electrons. The highest BCUT2D eigenvalue weighted by Gasteiger charge is 2.65. The maximum absolute atomic E-state index is 11.5. The van der Waals surface area contributed by atoms with Gasteiger partial charge in [-0.1, -0.05) is 13.8 Å². The number of hydrogen-bond donors (Lipinski definition) is 0. The highest BCUT2D eigenvalue weighted by atomic mass is 16.1. The Bertz CT molecular complexity index is 310. The number of fused-ring (bicyclic) bond motifs is 1. The number of carbonyl (C=O) groups is 2. The molecule has 0 N–H and O–H groups in total. The van der Waals surface area contributed by atoms with Gasteiger partial charge in [-0.25, -0.2) is 0 Å². The van der Waals surface area contributed by atoms with E-state index in [0.29, 0.717) is 5.57 Å². The summed E-state index contributed by atoms with van der Waals surface area (Å²) in [5.74, 6) is 0.274. The monoisotopic (exact) mass is 164 g/mol. The summed E-state index contributed by atoms with van der Waals surface area (Å²) >= 11 is 0. The molecule has 2 heteroatoms. The van der Waals surface area contributed by atoms with E-state index in [9.17, 15) is 9.59 Å². The molecule has 0 amide bonds. The topological polar surface area (TPSA) is 34.1 Å². The molecule has 2 nitrogen and oxygen atoms in total. The molecule has 0 aromatic rings. The summed E-state index contributed by atoms with van der Waals surface area (Å²) in [5.41, 5.74) is 0.550. The second kappa shape index (κ2) is 1.87. The highest BCUT2D eigenvalue weighted by molar-refractivity contribution is 6.14. The highest BCUT2D eigenvalue weighted by Crippen LogP contribution is 2.61. The van der Waals surface area contributed by atoms with Crippen LogP contribution in [0, 0.1) is 17.3 Å². The van der Waals surface area contributed by atoms with Gasteiger partial charge in [0.2, 0.25) is 0 Å². The SMILES string of the molecule is CC1=CC(=O)[C@@H]2[C@H](C1=O)C2(C)C. The van der Waals surface area contributed by atoms with Crippen LogP contribution in [0.25, 0.3) is 0 Å². The van der Waals surface area contributed by atoms with Crippen molar-refractivity contribution in [2.75, 3.05) is 0 Å². The van der Waals surface area contributed by atoms with E-state index in [1.54, 1.807) is 6.92 Å². The largest absolute Gasteiger partial charge is 0.294 e. The van der Waals surface area contributed by atoms with E-state index in [1.807, 2.05) is 13.8 Å². The Balaban J connectivity index is 2.42. The van der Waals surface area contributed by atoms with Gasteiger partial charge in [-0.15, -0.1) is 0 Å². The van der Waals surface area contributed by atoms with Crippen LogP contribution >= 0.6 is 0 Å². The molecule has 0 aromatic carbocycles. The van der Waals surface area contributed by atoms with Gasteiger partial charge in [0.1, 0.15) is 0 Å². The van der Waals surface area contributed by atoms with Crippen molar-refractivity contribution in [3.8, 4) is 0 Å². The van der Waals surface area contributed by atoms with Crippen molar-refractivity contribution in [2.24, 2.45) is 17.3 Å². The van der Waals surface area contributed by atoms with E-state index in [4.69, 9.17) is 0 Å². The average molecular weight is 164 g/mol. The van der Waals surface area contributed by atoms with Crippen molar-refractivity contribution < 1.29 is 9.59 Å². The second-order valence-electron chi connectivity index (χ2n) is 4.37. The van der Waals surface area contributed by atoms with E-state index in [1.165, 1.54) is 6.08 Å². The van der Waals surface area contributed by atoms with Gasteiger partial charge in [-0.2, -0.15) is 0 Å². The summed E-state index contributed by atoms with van der Waals surface area (Å²) in [7, 11) is 0. The van der Waals surface area contributed by atoms with Gasteiger partial charge in [0.15, 0.2) is 11.6 Å². The van der Waals surface area contributed by atoms with E-state index < -0.39 is 0 Å². The molecule has 0 saturated heterocycles. The van der Waals surface area contributed by atoms with Gasteiger partial charge in [-0.3, -0.25) is 9.59 Å². The molecule has 0 aliphatic heterocycles. The fourth-order valence-corrected chi connectivity index (χ4v) is 2.28. The molecule has 2 rings (SSSR count). The number of rotatable bonds is 0. The van der Waals surface area contributed by atoms with Crippen LogP contribution in [-0.2, 0) is 9.59 Å². The minimum absolute atomic E-state index is 0.0185. The number of ketones is 2. The minimum Gasteiger partial charge on any atom is -0.294 e. The van der Waals surface area contributed by atoms with Crippen LogP contribution in [0.3, 0.4) is 0 Å². The predicted molar refractivity (Wildman–Crippen MR) is 44.5 cm³/mol. The molecule has 0 unspecified atom stereocenters. The van der Waals surface area contributed by atoms with Crippen LogP contribution in [0.1, 0.15) is 20.8 Å². The number of Topliss-reactive ketones (excluding diaryl/α,β-unsaturated/α-hetero) is 1. The van der Waals surface area contributed by atoms with Gasteiger partial charge in [0.25, 0.3) is 0 Å². The Labute approximate surface area is 71.6 Å². The van der Waals surface area contributed by atoms with Gasteiger partial charge >= 0.3 is 0 Å². The molecule has 12 heavy (non-hydrogen) atoms. The lowest BCUT2D eigenvalue weighted by Gasteiger charge is -2.03. The summed E-state index contributed by atoms with van der Waals surface area (Å²) < 4.78 is 0. The second-order valence-corrected chi connectivity index (χ2v) is 4.37. The Morgan fingerprint density at radius 2 is 1.83 bits per heavy atom. The smallest absolute Gasteiger partial charge is 0.163 e. The molecule has 0 spiro atoms. The number of hydrogen-bond acceptors (Lipinski definition) is 2. The maximum atomic E-state index is 11.5. The summed E-state index contributed by atoms with van der Waals surface area (Å²) in [6.07, 6.45) is 1.50. The van der Waals surface area contributed by atoms with Gasteiger partial charge in [-0.05, 0) is 24.0 Å². The van der Waals surface area contributed by atoms with Crippen LogP contribution in [0.2, 0.25) is 0 Å². The normalized spacial score (nSPS) is 37.4. The van der Waals surface area contributed by atoms with Crippen LogP contribution in [0.4, 0.5) is 0 Å². The average Bonchev–Trinajstić information content (AvgIpc) is 2.50. The zero-order valence-corrected chi connectivity index (χ0v) is 7.55. The number of allylic oxidation sites excluding steroid dienone is 2. The molecule has 2 aliphatic rings. The molecule has 0 heterocycles. The van der Waals surface area contributed by atoms with Crippen molar-refractivity contribution in [2.45, 2.75) is 20.8 Å². The lowest BCUT2D eigenvalue weighted by molar-refractivity contribution is -0.122. The predicted octanol–water partition coefficient (Wildman–Crippen LogP) is 1.36. The molecular weight excluding hydrogens is 152 g/mol. The third-order valence-electron chi connectivity index (χ3n) is 3.16. The Hall–Kier alpha value is -0.920. The maximum Gasteiger partial charge on any atom is 0.163 e. The van der Waals surface area contributed by atoms with E-state index in [2.05, 4.69) is 0 Å². The quantitative estimate of drug-likeness (QED) is 0.541. The van der Waals surface area contributed by atoms with Crippen molar-refractivity contribution in [3.05, 3.63) is 11.6 Å². The first kappa shape index (κ1) is 7.71. The van der Waals surface area contributed by atoms with Gasteiger partial charge in [0, 0.05) is 11.8 Å². The fraction of sp³-hybridized carbons (Fsp3) is 0.600. The van der Waals surface area contributed by atoms with Crippen LogP contribution in [0.15, 0.2) is 11.6 Å². The Kier molecular flexibility index (Phi) is 1.20. The summed E-state index contributed by atoms with van der Waals surface area (Å²) in [5, 5.41) is 0. The van der Waals surface area contributed by atoms with Crippen LogP contribution in [0.5, 0.6) is 0 Å². The third-order valence-corrected chi connectivity index (χ3v) is 3.16. The summed E-state index contributed by atoms with van der Waals surface area (Å²) in [6.45, 7) is 5.71. The van der Waals surface area contributed by atoms with Crippen LogP contribution in [-0.4, -0.2) is 11.6 Å². The van der Waals surface area contributed by atoms with Gasteiger partial charge in [0.05, 0.1) is 0 Å². The zero-order chi connectivity index (χ0) is 9.09. The molecule has 64 valence electrons. The van der Waals surface area contributed by atoms with E-state index in [0.717, 1.165) is 0 Å². The van der Waals surface area contributed by atoms with Crippen molar-refractivity contribution in [1.82, 2.24) is 0 Å². The fourth-order valence-electron chi connectivity index (χ4n) is 2.28. The summed E-state index contributed by atoms with van der Waals surface area (Å²) in [6, 6.07) is 0. The molecular formula is C10H12O2. The molecule has 0 aromatic heterocycles. The lowest BCUT2D eigenvalue weighted by atomic mass is 9.99. The standard InChI is InChI=1S/C10H12O2/c1-5-4-6(11)7-8(9(5)12)10(7,2)3/h4,7-8H,1-3H3/t7-,8-/m1/s1. The zero-order valence-electron chi connectivity index (χ0n) is 7.55. The first-order valence-electron chi connectivity index (χ1n) is 4.22. The minimum atomic E-state index is -0.0809. The molecule has 2 atom stereocenters. The van der Waals surface area contributed by atoms with Crippen molar-refractivity contribution in [3.63, 3.8) is 0 Å². The lowest BCUT2D eigenvalue weighted by Crippen LogP contribution is -2.14. The van der Waals surface area contributed by atoms with Crippen molar-refractivity contribution >= 4 is 11.6 Å². The first-order valence-corrected chi connectivity index (χ1v) is 4.22. The molecule has 2 aliphatic carbocycles. The van der Waals surface area contributed by atoms with E-state index >= 15 is 0 Å². The van der Waals surface area contributed by atoms with Crippen molar-refractivity contribution in [1.29, 1.82) is 0 Å². The van der Waals surface area contributed by atoms with Gasteiger partial charge < -0.3 is 0 Å². The van der Waals surface area contributed by atoms with E-state index in [-0.39, 0.29) is 28.8 Å². The number of carbonyl (C=O) groups excluding carboxylic acids is 2. The Morgan fingerprint density at radius 3 is 2.42 bits per heavy atom. The summed E-state index contributed by atoms with van der Waals surface area (Å²) in [4.78, 5) is 22.9.